The lowest BCUT2D eigenvalue weighted by Crippen LogP contribution is -2.45. The molecule has 2 heterocycles. The Kier molecular flexibility index (Phi) is 6.13. The maximum absolute atomic E-state index is 12.4. The van der Waals surface area contributed by atoms with Crippen molar-refractivity contribution in [3.8, 4) is 0 Å². The lowest BCUT2D eigenvalue weighted by Gasteiger charge is -2.34. The normalized spacial score (nSPS) is 15.4. The number of hydrogen-bond acceptors (Lipinski definition) is 6. The van der Waals surface area contributed by atoms with Crippen molar-refractivity contribution in [1.29, 1.82) is 0 Å². The van der Waals surface area contributed by atoms with Crippen molar-refractivity contribution in [3.05, 3.63) is 74.8 Å². The molecule has 8 heteroatoms. The molecule has 7 nitrogen and oxygen atoms in total. The molecule has 1 fully saturated rings. The average Bonchev–Trinajstić information content (AvgIpc) is 2.74. The van der Waals surface area contributed by atoms with Crippen molar-refractivity contribution in [2.75, 3.05) is 33.3 Å². The van der Waals surface area contributed by atoms with Crippen LogP contribution in [0.3, 0.4) is 0 Å². The molecule has 0 unspecified atom stereocenters. The summed E-state index contributed by atoms with van der Waals surface area (Å²) >= 11 is 6.08. The zero-order valence-electron chi connectivity index (χ0n) is 16.7. The van der Waals surface area contributed by atoms with Gasteiger partial charge >= 0.3 is 5.97 Å². The number of esters is 1. The SMILES string of the molecule is COC(=O)c1ccc2c(=O)[nH]c(CN3CCN(Cc4cccc(Cl)c4)CC3)nc2c1. The van der Waals surface area contributed by atoms with Crippen molar-refractivity contribution in [2.24, 2.45) is 0 Å². The third kappa shape index (κ3) is 4.70. The van der Waals surface area contributed by atoms with Crippen molar-refractivity contribution in [1.82, 2.24) is 19.8 Å². The summed E-state index contributed by atoms with van der Waals surface area (Å²) in [6.07, 6.45) is 0. The number of halogens is 1. The Morgan fingerprint density at radius 1 is 1.10 bits per heavy atom. The van der Waals surface area contributed by atoms with Crippen LogP contribution in [0.15, 0.2) is 47.3 Å². The molecule has 4 rings (SSSR count). The van der Waals surface area contributed by atoms with Crippen LogP contribution in [0.5, 0.6) is 0 Å². The number of H-pyrrole nitrogens is 1. The van der Waals surface area contributed by atoms with Gasteiger partial charge in [-0.2, -0.15) is 0 Å². The molecule has 0 atom stereocenters. The first kappa shape index (κ1) is 20.5. The molecule has 0 amide bonds. The molecule has 156 valence electrons. The monoisotopic (exact) mass is 426 g/mol. The van der Waals surface area contributed by atoms with Gasteiger partial charge in [0, 0.05) is 37.7 Å². The molecular weight excluding hydrogens is 404 g/mol. The Balaban J connectivity index is 1.42. The van der Waals surface area contributed by atoms with Gasteiger partial charge in [0.15, 0.2) is 0 Å². The second kappa shape index (κ2) is 8.95. The first-order chi connectivity index (χ1) is 14.5. The number of ether oxygens (including phenoxy) is 1. The maximum Gasteiger partial charge on any atom is 0.337 e. The van der Waals surface area contributed by atoms with Crippen molar-refractivity contribution >= 4 is 28.5 Å². The van der Waals surface area contributed by atoms with Gasteiger partial charge in [-0.15, -0.1) is 0 Å². The van der Waals surface area contributed by atoms with Gasteiger partial charge in [-0.1, -0.05) is 23.7 Å². The highest BCUT2D eigenvalue weighted by Gasteiger charge is 2.18. The van der Waals surface area contributed by atoms with Crippen LogP contribution >= 0.6 is 11.6 Å². The minimum absolute atomic E-state index is 0.203. The summed E-state index contributed by atoms with van der Waals surface area (Å²) in [5, 5.41) is 1.21. The van der Waals surface area contributed by atoms with Crippen LogP contribution in [-0.4, -0.2) is 59.0 Å². The number of nitrogens with one attached hydrogen (secondary N) is 1. The molecule has 3 aromatic rings. The maximum atomic E-state index is 12.4. The van der Waals surface area contributed by atoms with Gasteiger partial charge in [0.1, 0.15) is 5.82 Å². The second-order valence-electron chi connectivity index (χ2n) is 7.42. The number of nitrogens with zero attached hydrogens (tertiary/aromatic N) is 3. The quantitative estimate of drug-likeness (QED) is 0.632. The van der Waals surface area contributed by atoms with Crippen LogP contribution in [0, 0.1) is 0 Å². The van der Waals surface area contributed by atoms with Crippen molar-refractivity contribution in [3.63, 3.8) is 0 Å². The molecule has 1 N–H and O–H groups in total. The summed E-state index contributed by atoms with van der Waals surface area (Å²) < 4.78 is 4.75. The number of hydrogen-bond donors (Lipinski definition) is 1. The highest BCUT2D eigenvalue weighted by atomic mass is 35.5. The van der Waals surface area contributed by atoms with E-state index in [-0.39, 0.29) is 5.56 Å². The smallest absolute Gasteiger partial charge is 0.337 e. The van der Waals surface area contributed by atoms with Crippen LogP contribution < -0.4 is 5.56 Å². The number of aromatic nitrogens is 2. The first-order valence-electron chi connectivity index (χ1n) is 9.82. The van der Waals surface area contributed by atoms with E-state index in [0.29, 0.717) is 28.8 Å². The Bertz CT molecular complexity index is 1120. The summed E-state index contributed by atoms with van der Waals surface area (Å²) in [5.41, 5.74) is 1.88. The molecular formula is C22H23ClN4O3. The zero-order chi connectivity index (χ0) is 21.1. The lowest BCUT2D eigenvalue weighted by molar-refractivity contribution is 0.0601. The topological polar surface area (TPSA) is 78.5 Å². The summed E-state index contributed by atoms with van der Waals surface area (Å²) in [4.78, 5) is 36.3. The molecule has 0 radical (unpaired) electrons. The highest BCUT2D eigenvalue weighted by molar-refractivity contribution is 6.30. The number of carbonyl (C=O) groups is 1. The Morgan fingerprint density at radius 2 is 1.83 bits per heavy atom. The van der Waals surface area contributed by atoms with E-state index in [4.69, 9.17) is 16.3 Å². The number of fused-ring (bicyclic) bond motifs is 1. The predicted molar refractivity (Wildman–Crippen MR) is 116 cm³/mol. The Hall–Kier alpha value is -2.74. The molecule has 0 spiro atoms. The molecule has 1 aromatic heterocycles. The van der Waals surface area contributed by atoms with E-state index < -0.39 is 5.97 Å². The molecule has 0 aliphatic carbocycles. The molecule has 30 heavy (non-hydrogen) atoms. The van der Waals surface area contributed by atoms with Gasteiger partial charge in [0.25, 0.3) is 5.56 Å². The van der Waals surface area contributed by atoms with E-state index in [1.165, 1.54) is 12.7 Å². The van der Waals surface area contributed by atoms with E-state index in [1.54, 1.807) is 18.2 Å². The molecule has 2 aromatic carbocycles. The average molecular weight is 427 g/mol. The van der Waals surface area contributed by atoms with Crippen molar-refractivity contribution < 1.29 is 9.53 Å². The van der Waals surface area contributed by atoms with Gasteiger partial charge < -0.3 is 9.72 Å². The van der Waals surface area contributed by atoms with Crippen LogP contribution in [0.4, 0.5) is 0 Å². The van der Waals surface area contributed by atoms with Gasteiger partial charge in [0.2, 0.25) is 0 Å². The molecule has 1 aliphatic rings. The van der Waals surface area contributed by atoms with Gasteiger partial charge in [0.05, 0.1) is 30.1 Å². The van der Waals surface area contributed by atoms with Crippen LogP contribution in [-0.2, 0) is 17.8 Å². The lowest BCUT2D eigenvalue weighted by atomic mass is 10.1. The summed E-state index contributed by atoms with van der Waals surface area (Å²) in [7, 11) is 1.33. The predicted octanol–water partition coefficient (Wildman–Crippen LogP) is 2.68. The number of piperazine rings is 1. The fourth-order valence-corrected chi connectivity index (χ4v) is 3.93. The van der Waals surface area contributed by atoms with Crippen LogP contribution in [0.25, 0.3) is 10.9 Å². The number of carbonyl (C=O) groups excluding carboxylic acids is 1. The van der Waals surface area contributed by atoms with Crippen LogP contribution in [0.1, 0.15) is 21.7 Å². The fraction of sp³-hybridized carbons (Fsp3) is 0.318. The number of aromatic amines is 1. The molecule has 1 saturated heterocycles. The number of rotatable bonds is 5. The van der Waals surface area contributed by atoms with E-state index in [2.05, 4.69) is 25.8 Å². The zero-order valence-corrected chi connectivity index (χ0v) is 17.5. The highest BCUT2D eigenvalue weighted by Crippen LogP contribution is 2.15. The minimum atomic E-state index is -0.448. The van der Waals surface area contributed by atoms with Gasteiger partial charge in [-0.05, 0) is 35.9 Å². The Morgan fingerprint density at radius 3 is 2.53 bits per heavy atom. The van der Waals surface area contributed by atoms with Gasteiger partial charge in [-0.3, -0.25) is 14.6 Å². The third-order valence-electron chi connectivity index (χ3n) is 5.31. The number of benzene rings is 2. The second-order valence-corrected chi connectivity index (χ2v) is 7.85. The van der Waals surface area contributed by atoms with Gasteiger partial charge in [-0.25, -0.2) is 9.78 Å². The van der Waals surface area contributed by atoms with E-state index in [1.807, 2.05) is 18.2 Å². The van der Waals surface area contributed by atoms with Crippen LogP contribution in [0.2, 0.25) is 5.02 Å². The number of methoxy groups -OCH3 is 1. The summed E-state index contributed by atoms with van der Waals surface area (Å²) in [5.74, 6) is 0.147. The van der Waals surface area contributed by atoms with E-state index in [0.717, 1.165) is 37.7 Å². The van der Waals surface area contributed by atoms with E-state index >= 15 is 0 Å². The summed E-state index contributed by atoms with van der Waals surface area (Å²) in [6, 6.07) is 12.7. The fourth-order valence-electron chi connectivity index (χ4n) is 3.72. The van der Waals surface area contributed by atoms with Crippen molar-refractivity contribution in [2.45, 2.75) is 13.1 Å². The summed E-state index contributed by atoms with van der Waals surface area (Å²) in [6.45, 7) is 5.04. The molecule has 0 bridgehead atoms. The largest absolute Gasteiger partial charge is 0.465 e. The molecule has 0 saturated carbocycles. The first-order valence-corrected chi connectivity index (χ1v) is 10.2. The standard InChI is InChI=1S/C22H23ClN4O3/c1-30-22(29)16-5-6-18-19(12-16)24-20(25-21(18)28)14-27-9-7-26(8-10-27)13-15-3-2-4-17(23)11-15/h2-6,11-12H,7-10,13-14H2,1H3,(H,24,25,28). The minimum Gasteiger partial charge on any atom is -0.465 e. The Labute approximate surface area is 179 Å². The third-order valence-corrected chi connectivity index (χ3v) is 5.55. The molecule has 1 aliphatic heterocycles. The van der Waals surface area contributed by atoms with E-state index in [9.17, 15) is 9.59 Å².